The van der Waals surface area contributed by atoms with Gasteiger partial charge >= 0.3 is 0 Å². The Labute approximate surface area is 196 Å². The summed E-state index contributed by atoms with van der Waals surface area (Å²) in [7, 11) is 4.59. The minimum atomic E-state index is -0.415. The molecule has 1 aromatic heterocycles. The molecule has 0 radical (unpaired) electrons. The number of carbonyl (C=O) groups excluding carboxylic acids is 1. The quantitative estimate of drug-likeness (QED) is 0.392. The summed E-state index contributed by atoms with van der Waals surface area (Å²) >= 11 is 0. The average molecular weight is 462 g/mol. The predicted molar refractivity (Wildman–Crippen MR) is 125 cm³/mol. The number of rotatable bonds is 8. The zero-order valence-corrected chi connectivity index (χ0v) is 18.9. The maximum Gasteiger partial charge on any atom is 0.252 e. The Kier molecular flexibility index (Phi) is 6.77. The van der Waals surface area contributed by atoms with E-state index in [4.69, 9.17) is 18.6 Å². The van der Waals surface area contributed by atoms with E-state index in [1.54, 1.807) is 54.6 Å². The normalized spacial score (nSPS) is 10.6. The van der Waals surface area contributed by atoms with Gasteiger partial charge in [-0.25, -0.2) is 9.37 Å². The van der Waals surface area contributed by atoms with Gasteiger partial charge in [-0.15, -0.1) is 0 Å². The smallest absolute Gasteiger partial charge is 0.252 e. The third-order valence-electron chi connectivity index (χ3n) is 5.22. The molecular formula is C26H23FN2O5. The van der Waals surface area contributed by atoms with Gasteiger partial charge in [0.1, 0.15) is 5.82 Å². The van der Waals surface area contributed by atoms with Crippen LogP contribution in [0, 0.1) is 5.82 Å². The molecule has 0 saturated carbocycles. The van der Waals surface area contributed by atoms with Crippen LogP contribution in [-0.4, -0.2) is 32.2 Å². The van der Waals surface area contributed by atoms with Crippen LogP contribution < -0.4 is 19.5 Å². The molecule has 174 valence electrons. The van der Waals surface area contributed by atoms with Gasteiger partial charge in [-0.05, 0) is 42.0 Å². The molecule has 1 N–H and O–H groups in total. The number of halogens is 1. The summed E-state index contributed by atoms with van der Waals surface area (Å²) in [5.41, 5.74) is 1.92. The van der Waals surface area contributed by atoms with E-state index < -0.39 is 5.82 Å². The van der Waals surface area contributed by atoms with Gasteiger partial charge in [0.15, 0.2) is 17.3 Å². The number of hydrogen-bond acceptors (Lipinski definition) is 6. The van der Waals surface area contributed by atoms with E-state index in [9.17, 15) is 9.18 Å². The molecule has 0 aliphatic heterocycles. The van der Waals surface area contributed by atoms with Crippen LogP contribution in [-0.2, 0) is 6.54 Å². The second kappa shape index (κ2) is 10.1. The van der Waals surface area contributed by atoms with Crippen LogP contribution in [0.3, 0.4) is 0 Å². The van der Waals surface area contributed by atoms with Gasteiger partial charge in [-0.2, -0.15) is 0 Å². The molecule has 4 aromatic rings. The van der Waals surface area contributed by atoms with Gasteiger partial charge in [-0.3, -0.25) is 4.79 Å². The summed E-state index contributed by atoms with van der Waals surface area (Å²) in [5, 5.41) is 2.89. The highest BCUT2D eigenvalue weighted by Gasteiger charge is 2.19. The van der Waals surface area contributed by atoms with Crippen molar-refractivity contribution in [2.75, 3.05) is 21.3 Å². The lowest BCUT2D eigenvalue weighted by atomic mass is 10.1. The zero-order chi connectivity index (χ0) is 24.1. The summed E-state index contributed by atoms with van der Waals surface area (Å²) in [6.07, 6.45) is 1.44. The Morgan fingerprint density at radius 2 is 1.59 bits per heavy atom. The van der Waals surface area contributed by atoms with Crippen LogP contribution in [0.2, 0.25) is 0 Å². The molecule has 0 unspecified atom stereocenters. The molecule has 0 aliphatic carbocycles. The lowest BCUT2D eigenvalue weighted by molar-refractivity contribution is 0.0951. The predicted octanol–water partition coefficient (Wildman–Crippen LogP) is 5.10. The van der Waals surface area contributed by atoms with Crippen molar-refractivity contribution in [3.8, 4) is 40.0 Å². The van der Waals surface area contributed by atoms with Crippen LogP contribution in [0.4, 0.5) is 4.39 Å². The van der Waals surface area contributed by atoms with Crippen molar-refractivity contribution < 1.29 is 27.8 Å². The van der Waals surface area contributed by atoms with Crippen molar-refractivity contribution in [1.29, 1.82) is 0 Å². The molecule has 0 bridgehead atoms. The summed E-state index contributed by atoms with van der Waals surface area (Å²) in [6, 6.07) is 16.7. The van der Waals surface area contributed by atoms with E-state index in [0.717, 1.165) is 5.56 Å². The summed E-state index contributed by atoms with van der Waals surface area (Å²) in [6.45, 7) is 0.218. The number of benzene rings is 3. The molecule has 1 amide bonds. The summed E-state index contributed by atoms with van der Waals surface area (Å²) < 4.78 is 36.0. The standard InChI is InChI=1S/C26H23FN2O5/c1-31-21-12-16(13-22(32-2)24(21)33-3)14-28-25(30)17-8-4-5-9-18(17)26-29-15-23(34-26)19-10-6-7-11-20(19)27/h4-13,15H,14H2,1-3H3,(H,28,30). The van der Waals surface area contributed by atoms with E-state index >= 15 is 0 Å². The average Bonchev–Trinajstić information content (AvgIpc) is 3.36. The Hall–Kier alpha value is -4.33. The fraction of sp³-hybridized carbons (Fsp3) is 0.154. The maximum absolute atomic E-state index is 14.1. The molecule has 8 heteroatoms. The Morgan fingerprint density at radius 3 is 2.24 bits per heavy atom. The van der Waals surface area contributed by atoms with Crippen molar-refractivity contribution in [3.05, 3.63) is 83.8 Å². The van der Waals surface area contributed by atoms with Gasteiger partial charge < -0.3 is 23.9 Å². The number of ether oxygens (including phenoxy) is 3. The van der Waals surface area contributed by atoms with Crippen molar-refractivity contribution in [2.45, 2.75) is 6.54 Å². The zero-order valence-electron chi connectivity index (χ0n) is 18.9. The van der Waals surface area contributed by atoms with Gasteiger partial charge in [0.2, 0.25) is 11.6 Å². The number of carbonyl (C=O) groups is 1. The molecular weight excluding hydrogens is 439 g/mol. The fourth-order valence-corrected chi connectivity index (χ4v) is 3.57. The van der Waals surface area contributed by atoms with Crippen molar-refractivity contribution in [3.63, 3.8) is 0 Å². The van der Waals surface area contributed by atoms with Crippen LogP contribution in [0.5, 0.6) is 17.2 Å². The van der Waals surface area contributed by atoms with E-state index in [0.29, 0.717) is 33.9 Å². The summed E-state index contributed by atoms with van der Waals surface area (Å²) in [4.78, 5) is 17.3. The first-order valence-corrected chi connectivity index (χ1v) is 10.4. The molecule has 3 aromatic carbocycles. The number of nitrogens with zero attached hydrogens (tertiary/aromatic N) is 1. The minimum absolute atomic E-state index is 0.218. The molecule has 0 fully saturated rings. The molecule has 0 saturated heterocycles. The number of oxazole rings is 1. The first-order chi connectivity index (χ1) is 16.5. The third-order valence-corrected chi connectivity index (χ3v) is 5.22. The Morgan fingerprint density at radius 1 is 0.941 bits per heavy atom. The first-order valence-electron chi connectivity index (χ1n) is 10.4. The second-order valence-electron chi connectivity index (χ2n) is 7.27. The van der Waals surface area contributed by atoms with Crippen LogP contribution in [0.1, 0.15) is 15.9 Å². The van der Waals surface area contributed by atoms with Gasteiger partial charge in [-0.1, -0.05) is 24.3 Å². The van der Waals surface area contributed by atoms with Crippen LogP contribution >= 0.6 is 0 Å². The van der Waals surface area contributed by atoms with E-state index in [1.165, 1.54) is 33.6 Å². The SMILES string of the molecule is COc1cc(CNC(=O)c2ccccc2-c2ncc(-c3ccccc3F)o2)cc(OC)c1OC. The molecule has 0 spiro atoms. The van der Waals surface area contributed by atoms with Crippen LogP contribution in [0.15, 0.2) is 71.3 Å². The van der Waals surface area contributed by atoms with Crippen molar-refractivity contribution >= 4 is 5.91 Å². The number of methoxy groups -OCH3 is 3. The number of nitrogens with one attached hydrogen (secondary N) is 1. The molecule has 4 rings (SSSR count). The molecule has 7 nitrogen and oxygen atoms in total. The van der Waals surface area contributed by atoms with E-state index in [1.807, 2.05) is 0 Å². The Bertz CT molecular complexity index is 1290. The van der Waals surface area contributed by atoms with Gasteiger partial charge in [0.05, 0.1) is 38.7 Å². The molecule has 1 heterocycles. The van der Waals surface area contributed by atoms with E-state index in [-0.39, 0.29) is 24.1 Å². The number of hydrogen-bond donors (Lipinski definition) is 1. The lowest BCUT2D eigenvalue weighted by Crippen LogP contribution is -2.23. The highest BCUT2D eigenvalue weighted by Crippen LogP contribution is 2.38. The largest absolute Gasteiger partial charge is 0.493 e. The van der Waals surface area contributed by atoms with E-state index in [2.05, 4.69) is 10.3 Å². The lowest BCUT2D eigenvalue weighted by Gasteiger charge is -2.14. The van der Waals surface area contributed by atoms with Crippen LogP contribution in [0.25, 0.3) is 22.8 Å². The maximum atomic E-state index is 14.1. The monoisotopic (exact) mass is 462 g/mol. The molecule has 0 atom stereocenters. The number of aromatic nitrogens is 1. The minimum Gasteiger partial charge on any atom is -0.493 e. The summed E-state index contributed by atoms with van der Waals surface area (Å²) in [5.74, 6) is 1.22. The van der Waals surface area contributed by atoms with Gasteiger partial charge in [0, 0.05) is 12.1 Å². The fourth-order valence-electron chi connectivity index (χ4n) is 3.57. The third kappa shape index (κ3) is 4.56. The topological polar surface area (TPSA) is 82.8 Å². The van der Waals surface area contributed by atoms with Crippen molar-refractivity contribution in [2.24, 2.45) is 0 Å². The molecule has 0 aliphatic rings. The van der Waals surface area contributed by atoms with Crippen molar-refractivity contribution in [1.82, 2.24) is 10.3 Å². The first kappa shape index (κ1) is 22.8. The highest BCUT2D eigenvalue weighted by molar-refractivity contribution is 6.00. The Balaban J connectivity index is 1.57. The second-order valence-corrected chi connectivity index (χ2v) is 7.27. The highest BCUT2D eigenvalue weighted by atomic mass is 19.1. The van der Waals surface area contributed by atoms with Gasteiger partial charge in [0.25, 0.3) is 5.91 Å². The molecule has 34 heavy (non-hydrogen) atoms. The number of amides is 1.